The maximum atomic E-state index is 11.2. The highest BCUT2D eigenvalue weighted by Gasteiger charge is 2.13. The van der Waals surface area contributed by atoms with Gasteiger partial charge in [-0.3, -0.25) is 4.79 Å². The van der Waals surface area contributed by atoms with Crippen LogP contribution in [-0.2, 0) is 4.79 Å². The summed E-state index contributed by atoms with van der Waals surface area (Å²) >= 11 is 0. The molecule has 0 spiro atoms. The van der Waals surface area contributed by atoms with Crippen LogP contribution in [0.25, 0.3) is 0 Å². The van der Waals surface area contributed by atoms with Crippen LogP contribution in [0.1, 0.15) is 45.4 Å². The quantitative estimate of drug-likeness (QED) is 0.678. The van der Waals surface area contributed by atoms with Gasteiger partial charge in [0.1, 0.15) is 0 Å². The Bertz CT molecular complexity index is 165. The highest BCUT2D eigenvalue weighted by Crippen LogP contribution is 2.07. The zero-order chi connectivity index (χ0) is 10.2. The summed E-state index contributed by atoms with van der Waals surface area (Å²) in [6, 6.07) is 0.640. The fraction of sp³-hybridized carbons (Fsp3) is 0.909. The molecule has 0 aromatic carbocycles. The van der Waals surface area contributed by atoms with Gasteiger partial charge in [-0.2, -0.15) is 0 Å². The predicted octanol–water partition coefficient (Wildman–Crippen LogP) is 1.43. The lowest BCUT2D eigenvalue weighted by atomic mass is 10.1. The molecule has 0 aliphatic carbocycles. The molecule has 82 valence electrons. The third kappa shape index (κ3) is 4.61. The van der Waals surface area contributed by atoms with Crippen molar-refractivity contribution in [1.29, 1.82) is 0 Å². The van der Waals surface area contributed by atoms with Gasteiger partial charge in [-0.1, -0.05) is 13.3 Å². The Morgan fingerprint density at radius 1 is 1.57 bits per heavy atom. The number of hydrogen-bond acceptors (Lipinski definition) is 2. The number of carbonyl (C=O) groups excluding carboxylic acids is 1. The van der Waals surface area contributed by atoms with Crippen LogP contribution in [0.5, 0.6) is 0 Å². The Balaban J connectivity index is 1.94. The molecule has 0 saturated carbocycles. The van der Waals surface area contributed by atoms with Crippen molar-refractivity contribution >= 4 is 5.91 Å². The highest BCUT2D eigenvalue weighted by atomic mass is 16.1. The van der Waals surface area contributed by atoms with Crippen LogP contribution in [0, 0.1) is 0 Å². The topological polar surface area (TPSA) is 41.1 Å². The van der Waals surface area contributed by atoms with Crippen molar-refractivity contribution < 1.29 is 4.79 Å². The first-order chi connectivity index (χ1) is 6.83. The van der Waals surface area contributed by atoms with E-state index in [1.807, 2.05) is 0 Å². The molecule has 1 amide bonds. The number of amides is 1. The SMILES string of the molecule is CCCCC(=O)NCC[C@@H]1CCCN1. The summed E-state index contributed by atoms with van der Waals surface area (Å²) in [6.07, 6.45) is 6.43. The van der Waals surface area contributed by atoms with Crippen LogP contribution in [0.15, 0.2) is 0 Å². The molecule has 1 atom stereocenters. The Hall–Kier alpha value is -0.570. The smallest absolute Gasteiger partial charge is 0.219 e. The fourth-order valence-corrected chi connectivity index (χ4v) is 1.81. The van der Waals surface area contributed by atoms with Crippen molar-refractivity contribution in [1.82, 2.24) is 10.6 Å². The molecule has 3 heteroatoms. The average Bonchev–Trinajstić information content (AvgIpc) is 2.67. The fourth-order valence-electron chi connectivity index (χ4n) is 1.81. The molecule has 1 aliphatic rings. The Kier molecular flexibility index (Phi) is 5.60. The molecule has 1 aliphatic heterocycles. The standard InChI is InChI=1S/C11H22N2O/c1-2-3-6-11(14)13-9-7-10-5-4-8-12-10/h10,12H,2-9H2,1H3,(H,13,14)/t10-/m0/s1. The van der Waals surface area contributed by atoms with E-state index >= 15 is 0 Å². The van der Waals surface area contributed by atoms with E-state index in [-0.39, 0.29) is 5.91 Å². The first-order valence-corrected chi connectivity index (χ1v) is 5.83. The zero-order valence-corrected chi connectivity index (χ0v) is 9.14. The molecule has 2 N–H and O–H groups in total. The molecule has 1 fully saturated rings. The monoisotopic (exact) mass is 198 g/mol. The largest absolute Gasteiger partial charge is 0.356 e. The molecule has 1 heterocycles. The van der Waals surface area contributed by atoms with Crippen molar-refractivity contribution in [2.45, 2.75) is 51.5 Å². The van der Waals surface area contributed by atoms with Gasteiger partial charge in [-0.15, -0.1) is 0 Å². The van der Waals surface area contributed by atoms with E-state index in [9.17, 15) is 4.79 Å². The van der Waals surface area contributed by atoms with Crippen molar-refractivity contribution in [3.8, 4) is 0 Å². The summed E-state index contributed by atoms with van der Waals surface area (Å²) in [7, 11) is 0. The number of unbranched alkanes of at least 4 members (excludes halogenated alkanes) is 1. The molecule has 3 nitrogen and oxygen atoms in total. The van der Waals surface area contributed by atoms with Gasteiger partial charge in [0, 0.05) is 19.0 Å². The summed E-state index contributed by atoms with van der Waals surface area (Å²) in [6.45, 7) is 4.09. The lowest BCUT2D eigenvalue weighted by Crippen LogP contribution is -2.30. The number of carbonyl (C=O) groups is 1. The minimum Gasteiger partial charge on any atom is -0.356 e. The van der Waals surface area contributed by atoms with E-state index < -0.39 is 0 Å². The first kappa shape index (κ1) is 11.5. The van der Waals surface area contributed by atoms with Crippen molar-refractivity contribution in [2.24, 2.45) is 0 Å². The first-order valence-electron chi connectivity index (χ1n) is 5.83. The zero-order valence-electron chi connectivity index (χ0n) is 9.14. The van der Waals surface area contributed by atoms with E-state index in [0.717, 1.165) is 32.4 Å². The van der Waals surface area contributed by atoms with Crippen LogP contribution >= 0.6 is 0 Å². The van der Waals surface area contributed by atoms with E-state index in [2.05, 4.69) is 17.6 Å². The molecule has 1 saturated heterocycles. The van der Waals surface area contributed by atoms with Gasteiger partial charge < -0.3 is 10.6 Å². The molecule has 0 bridgehead atoms. The van der Waals surface area contributed by atoms with E-state index in [4.69, 9.17) is 0 Å². The maximum Gasteiger partial charge on any atom is 0.219 e. The summed E-state index contributed by atoms with van der Waals surface area (Å²) in [5.41, 5.74) is 0. The minimum atomic E-state index is 0.213. The third-order valence-electron chi connectivity index (χ3n) is 2.73. The summed E-state index contributed by atoms with van der Waals surface area (Å²) in [4.78, 5) is 11.2. The second kappa shape index (κ2) is 6.82. The molecule has 0 aromatic heterocycles. The third-order valence-corrected chi connectivity index (χ3v) is 2.73. The van der Waals surface area contributed by atoms with Gasteiger partial charge in [-0.05, 0) is 32.2 Å². The highest BCUT2D eigenvalue weighted by molar-refractivity contribution is 5.75. The Morgan fingerprint density at radius 3 is 3.07 bits per heavy atom. The molecular weight excluding hydrogens is 176 g/mol. The second-order valence-corrected chi connectivity index (χ2v) is 4.04. The number of nitrogens with one attached hydrogen (secondary N) is 2. The van der Waals surface area contributed by atoms with Crippen molar-refractivity contribution in [3.05, 3.63) is 0 Å². The molecule has 0 radical (unpaired) electrons. The minimum absolute atomic E-state index is 0.213. The van der Waals surface area contributed by atoms with Crippen LogP contribution in [-0.4, -0.2) is 25.0 Å². The molecule has 0 aromatic rings. The van der Waals surface area contributed by atoms with Crippen molar-refractivity contribution in [3.63, 3.8) is 0 Å². The van der Waals surface area contributed by atoms with Gasteiger partial charge in [0.05, 0.1) is 0 Å². The van der Waals surface area contributed by atoms with E-state index in [1.54, 1.807) is 0 Å². The second-order valence-electron chi connectivity index (χ2n) is 4.04. The lowest BCUT2D eigenvalue weighted by molar-refractivity contribution is -0.121. The Labute approximate surface area is 86.6 Å². The van der Waals surface area contributed by atoms with Crippen LogP contribution in [0.4, 0.5) is 0 Å². The van der Waals surface area contributed by atoms with E-state index in [0.29, 0.717) is 12.5 Å². The maximum absolute atomic E-state index is 11.2. The number of hydrogen-bond donors (Lipinski definition) is 2. The normalized spacial score (nSPS) is 21.1. The average molecular weight is 198 g/mol. The van der Waals surface area contributed by atoms with Gasteiger partial charge >= 0.3 is 0 Å². The van der Waals surface area contributed by atoms with Crippen molar-refractivity contribution in [2.75, 3.05) is 13.1 Å². The Morgan fingerprint density at radius 2 is 2.43 bits per heavy atom. The summed E-state index contributed by atoms with van der Waals surface area (Å²) in [5.74, 6) is 0.213. The van der Waals surface area contributed by atoms with Crippen LogP contribution < -0.4 is 10.6 Å². The van der Waals surface area contributed by atoms with E-state index in [1.165, 1.54) is 12.8 Å². The van der Waals surface area contributed by atoms with Crippen LogP contribution in [0.3, 0.4) is 0 Å². The van der Waals surface area contributed by atoms with Gasteiger partial charge in [-0.25, -0.2) is 0 Å². The molecular formula is C11H22N2O. The molecule has 0 unspecified atom stereocenters. The molecule has 1 rings (SSSR count). The molecule has 14 heavy (non-hydrogen) atoms. The lowest BCUT2D eigenvalue weighted by Gasteiger charge is -2.10. The number of rotatable bonds is 6. The van der Waals surface area contributed by atoms with Gasteiger partial charge in [0.15, 0.2) is 0 Å². The summed E-state index contributed by atoms with van der Waals surface area (Å²) in [5, 5.41) is 6.39. The van der Waals surface area contributed by atoms with Gasteiger partial charge in [0.25, 0.3) is 0 Å². The predicted molar refractivity (Wildman–Crippen MR) is 58.2 cm³/mol. The summed E-state index contributed by atoms with van der Waals surface area (Å²) < 4.78 is 0. The van der Waals surface area contributed by atoms with Crippen LogP contribution in [0.2, 0.25) is 0 Å². The van der Waals surface area contributed by atoms with Gasteiger partial charge in [0.2, 0.25) is 5.91 Å².